The van der Waals surface area contributed by atoms with Crippen molar-refractivity contribution in [2.75, 3.05) is 30.8 Å². The zero-order valence-corrected chi connectivity index (χ0v) is 22.9. The third-order valence-electron chi connectivity index (χ3n) is 6.86. The second-order valence-electron chi connectivity index (χ2n) is 9.60. The van der Waals surface area contributed by atoms with E-state index in [9.17, 15) is 18.0 Å². The van der Waals surface area contributed by atoms with Crippen LogP contribution < -0.4 is 14.4 Å². The minimum Gasteiger partial charge on any atom is -0.495 e. The van der Waals surface area contributed by atoms with Crippen molar-refractivity contribution >= 4 is 27.5 Å². The normalized spacial score (nSPS) is 14.7. The average Bonchev–Trinajstić information content (AvgIpc) is 3.39. The number of nitrogens with zero attached hydrogens (tertiary/aromatic N) is 2. The molecule has 0 spiro atoms. The SMILES string of the molecule is COc1ccccc1N(CCCC(=O)N(CCc1ccccc1)[C@@H](C)C(=O)NC1CCCC1)S(C)(=O)=O. The zero-order valence-electron chi connectivity index (χ0n) is 22.1. The minimum atomic E-state index is -3.59. The van der Waals surface area contributed by atoms with Crippen molar-refractivity contribution in [3.05, 3.63) is 60.2 Å². The number of anilines is 1. The number of carbonyl (C=O) groups excluding carboxylic acids is 2. The van der Waals surface area contributed by atoms with Gasteiger partial charge in [0.2, 0.25) is 21.8 Å². The maximum atomic E-state index is 13.4. The molecule has 1 aliphatic rings. The van der Waals surface area contributed by atoms with Crippen LogP contribution in [0.4, 0.5) is 5.69 Å². The molecule has 2 aromatic carbocycles. The molecule has 0 aromatic heterocycles. The summed E-state index contributed by atoms with van der Waals surface area (Å²) in [5.74, 6) is 0.138. The molecule has 0 aliphatic heterocycles. The molecule has 2 aromatic rings. The fourth-order valence-corrected chi connectivity index (χ4v) is 5.75. The zero-order chi connectivity index (χ0) is 26.8. The van der Waals surface area contributed by atoms with Gasteiger partial charge in [0.05, 0.1) is 19.1 Å². The summed E-state index contributed by atoms with van der Waals surface area (Å²) in [6.07, 6.45) is 6.37. The van der Waals surface area contributed by atoms with E-state index in [0.717, 1.165) is 37.5 Å². The number of hydrogen-bond donors (Lipinski definition) is 1. The summed E-state index contributed by atoms with van der Waals surface area (Å²) < 4.78 is 31.7. The number of para-hydroxylation sites is 2. The summed E-state index contributed by atoms with van der Waals surface area (Å²) in [5, 5.41) is 3.11. The van der Waals surface area contributed by atoms with E-state index in [1.54, 1.807) is 36.1 Å². The van der Waals surface area contributed by atoms with Gasteiger partial charge in [-0.2, -0.15) is 0 Å². The monoisotopic (exact) mass is 529 g/mol. The van der Waals surface area contributed by atoms with Crippen molar-refractivity contribution in [3.63, 3.8) is 0 Å². The van der Waals surface area contributed by atoms with Crippen LogP contribution in [0.15, 0.2) is 54.6 Å². The maximum absolute atomic E-state index is 13.4. The lowest BCUT2D eigenvalue weighted by Crippen LogP contribution is -2.50. The Morgan fingerprint density at radius 3 is 2.32 bits per heavy atom. The van der Waals surface area contributed by atoms with Gasteiger partial charge in [-0.15, -0.1) is 0 Å². The summed E-state index contributed by atoms with van der Waals surface area (Å²) in [5.41, 5.74) is 1.52. The number of hydrogen-bond acceptors (Lipinski definition) is 5. The number of benzene rings is 2. The third-order valence-corrected chi connectivity index (χ3v) is 8.04. The van der Waals surface area contributed by atoms with Crippen molar-refractivity contribution in [3.8, 4) is 5.75 Å². The molecular weight excluding hydrogens is 490 g/mol. The molecule has 0 unspecified atom stereocenters. The van der Waals surface area contributed by atoms with Crippen molar-refractivity contribution < 1.29 is 22.7 Å². The predicted octanol–water partition coefficient (Wildman–Crippen LogP) is 3.76. The lowest BCUT2D eigenvalue weighted by molar-refractivity contribution is -0.140. The van der Waals surface area contributed by atoms with Crippen LogP contribution in [0.3, 0.4) is 0 Å². The number of carbonyl (C=O) groups is 2. The largest absolute Gasteiger partial charge is 0.495 e. The first kappa shape index (κ1) is 28.5. The van der Waals surface area contributed by atoms with Gasteiger partial charge in [-0.05, 0) is 50.3 Å². The molecule has 9 heteroatoms. The van der Waals surface area contributed by atoms with Crippen LogP contribution in [0.1, 0.15) is 51.0 Å². The molecule has 0 radical (unpaired) electrons. The van der Waals surface area contributed by atoms with E-state index >= 15 is 0 Å². The molecule has 2 amide bonds. The van der Waals surface area contributed by atoms with Gasteiger partial charge in [0.1, 0.15) is 11.8 Å². The molecule has 0 heterocycles. The molecule has 0 saturated heterocycles. The lowest BCUT2D eigenvalue weighted by Gasteiger charge is -2.30. The first-order valence-corrected chi connectivity index (χ1v) is 14.8. The van der Waals surface area contributed by atoms with Gasteiger partial charge < -0.3 is 15.0 Å². The van der Waals surface area contributed by atoms with Gasteiger partial charge in [-0.25, -0.2) is 8.42 Å². The first-order valence-electron chi connectivity index (χ1n) is 12.9. The Bertz CT molecular complexity index is 1130. The van der Waals surface area contributed by atoms with E-state index < -0.39 is 16.1 Å². The topological polar surface area (TPSA) is 96.0 Å². The Labute approximate surface area is 221 Å². The standard InChI is InChI=1S/C28H39N3O5S/c1-22(28(33)29-24-14-7-8-15-24)30(21-19-23-12-5-4-6-13-23)27(32)18-11-20-31(37(3,34)35)25-16-9-10-17-26(25)36-2/h4-6,9-10,12-13,16-17,22,24H,7-8,11,14-15,18-21H2,1-3H3,(H,29,33)/t22-/m0/s1. The number of nitrogens with one attached hydrogen (secondary N) is 1. The predicted molar refractivity (Wildman–Crippen MR) is 146 cm³/mol. The fraction of sp³-hybridized carbons (Fsp3) is 0.500. The first-order chi connectivity index (χ1) is 17.7. The molecule has 8 nitrogen and oxygen atoms in total. The molecule has 1 N–H and O–H groups in total. The van der Waals surface area contributed by atoms with Crippen LogP contribution >= 0.6 is 0 Å². The van der Waals surface area contributed by atoms with Gasteiger partial charge in [0, 0.05) is 25.6 Å². The molecule has 1 aliphatic carbocycles. The molecule has 3 rings (SSSR count). The van der Waals surface area contributed by atoms with Crippen molar-refractivity contribution in [2.45, 2.75) is 64.0 Å². The van der Waals surface area contributed by atoms with E-state index in [0.29, 0.717) is 30.8 Å². The molecule has 1 fully saturated rings. The summed E-state index contributed by atoms with van der Waals surface area (Å²) in [4.78, 5) is 28.0. The molecule has 37 heavy (non-hydrogen) atoms. The minimum absolute atomic E-state index is 0.122. The van der Waals surface area contributed by atoms with E-state index in [2.05, 4.69) is 5.32 Å². The van der Waals surface area contributed by atoms with Crippen molar-refractivity contribution in [2.24, 2.45) is 0 Å². The second kappa shape index (κ2) is 13.5. The summed E-state index contributed by atoms with van der Waals surface area (Å²) in [7, 11) is -2.10. The van der Waals surface area contributed by atoms with Crippen LogP contribution in [-0.2, 0) is 26.0 Å². The Morgan fingerprint density at radius 1 is 1.03 bits per heavy atom. The maximum Gasteiger partial charge on any atom is 0.242 e. The third kappa shape index (κ3) is 8.21. The molecule has 0 bridgehead atoms. The Kier molecular flexibility index (Phi) is 10.4. The molecular formula is C28H39N3O5S. The van der Waals surface area contributed by atoms with Crippen LogP contribution in [-0.4, -0.2) is 63.7 Å². The second-order valence-corrected chi connectivity index (χ2v) is 11.5. The van der Waals surface area contributed by atoms with Gasteiger partial charge in [-0.1, -0.05) is 55.3 Å². The fourth-order valence-electron chi connectivity index (χ4n) is 4.78. The van der Waals surface area contributed by atoms with E-state index in [-0.39, 0.29) is 30.8 Å². The van der Waals surface area contributed by atoms with Crippen LogP contribution in [0.5, 0.6) is 5.75 Å². The number of sulfonamides is 1. The van der Waals surface area contributed by atoms with Gasteiger partial charge >= 0.3 is 0 Å². The van der Waals surface area contributed by atoms with Crippen molar-refractivity contribution in [1.82, 2.24) is 10.2 Å². The number of methoxy groups -OCH3 is 1. The Balaban J connectivity index is 1.69. The van der Waals surface area contributed by atoms with E-state index in [1.807, 2.05) is 30.3 Å². The highest BCUT2D eigenvalue weighted by Gasteiger charge is 2.28. The lowest BCUT2D eigenvalue weighted by atomic mass is 10.1. The highest BCUT2D eigenvalue weighted by Crippen LogP contribution is 2.29. The number of amides is 2. The Hall–Kier alpha value is -3.07. The van der Waals surface area contributed by atoms with Crippen molar-refractivity contribution in [1.29, 1.82) is 0 Å². The molecule has 202 valence electrons. The molecule has 1 saturated carbocycles. The number of rotatable bonds is 13. The Morgan fingerprint density at radius 2 is 1.68 bits per heavy atom. The van der Waals surface area contributed by atoms with Crippen LogP contribution in [0, 0.1) is 0 Å². The highest BCUT2D eigenvalue weighted by molar-refractivity contribution is 7.92. The summed E-state index contributed by atoms with van der Waals surface area (Å²) in [6.45, 7) is 2.30. The van der Waals surface area contributed by atoms with Crippen LogP contribution in [0.2, 0.25) is 0 Å². The summed E-state index contributed by atoms with van der Waals surface area (Å²) >= 11 is 0. The quantitative estimate of drug-likeness (QED) is 0.426. The van der Waals surface area contributed by atoms with Gasteiger partial charge in [0.15, 0.2) is 0 Å². The smallest absolute Gasteiger partial charge is 0.242 e. The van der Waals surface area contributed by atoms with E-state index in [4.69, 9.17) is 4.74 Å². The number of ether oxygens (including phenoxy) is 1. The van der Waals surface area contributed by atoms with Gasteiger partial charge in [-0.3, -0.25) is 13.9 Å². The van der Waals surface area contributed by atoms with Gasteiger partial charge in [0.25, 0.3) is 0 Å². The molecule has 1 atom stereocenters. The van der Waals surface area contributed by atoms with Crippen LogP contribution in [0.25, 0.3) is 0 Å². The highest BCUT2D eigenvalue weighted by atomic mass is 32.2. The summed E-state index contributed by atoms with van der Waals surface area (Å²) in [6, 6.07) is 16.3. The average molecular weight is 530 g/mol. The van der Waals surface area contributed by atoms with E-state index in [1.165, 1.54) is 11.4 Å².